The quantitative estimate of drug-likeness (QED) is 0.588. The van der Waals surface area contributed by atoms with Gasteiger partial charge in [0.1, 0.15) is 12.4 Å². The van der Waals surface area contributed by atoms with E-state index >= 15 is 0 Å². The summed E-state index contributed by atoms with van der Waals surface area (Å²) < 4.78 is 24.8. The molecule has 0 aromatic heterocycles. The van der Waals surface area contributed by atoms with E-state index < -0.39 is 0 Å². The summed E-state index contributed by atoms with van der Waals surface area (Å²) in [5.41, 5.74) is 1.61. The lowest BCUT2D eigenvalue weighted by molar-refractivity contribution is 0.0436. The van der Waals surface area contributed by atoms with E-state index in [9.17, 15) is 14.0 Å². The van der Waals surface area contributed by atoms with Crippen molar-refractivity contribution in [1.29, 1.82) is 0 Å². The van der Waals surface area contributed by atoms with E-state index in [0.29, 0.717) is 25.1 Å². The fourth-order valence-corrected chi connectivity index (χ4v) is 7.07. The van der Waals surface area contributed by atoms with Crippen LogP contribution in [0.25, 0.3) is 0 Å². The number of fused-ring (bicyclic) bond motifs is 3. The van der Waals surface area contributed by atoms with Gasteiger partial charge in [-0.15, -0.1) is 0 Å². The molecule has 1 spiro atoms. The zero-order valence-electron chi connectivity index (χ0n) is 21.7. The van der Waals surface area contributed by atoms with Crippen LogP contribution in [0.5, 0.6) is 0 Å². The molecule has 3 unspecified atom stereocenters. The van der Waals surface area contributed by atoms with Gasteiger partial charge in [0.2, 0.25) is 0 Å². The topological polar surface area (TPSA) is 65.6 Å². The predicted molar refractivity (Wildman–Crippen MR) is 135 cm³/mol. The SMILES string of the molecule is COCCOC(=O)N1CCCC2CC(N3CCC4(CC3)CN(C(=O)N(C)C)c3ccc(F)cc34)CC21. The highest BCUT2D eigenvalue weighted by atomic mass is 19.1. The van der Waals surface area contributed by atoms with Gasteiger partial charge < -0.3 is 24.2 Å². The number of benzene rings is 1. The van der Waals surface area contributed by atoms with E-state index in [1.165, 1.54) is 6.07 Å². The highest BCUT2D eigenvalue weighted by Crippen LogP contribution is 2.49. The van der Waals surface area contributed by atoms with Crippen molar-refractivity contribution in [3.63, 3.8) is 0 Å². The Bertz CT molecular complexity index is 981. The molecule has 0 radical (unpaired) electrons. The Morgan fingerprint density at radius 1 is 1.14 bits per heavy atom. The second-order valence-electron chi connectivity index (χ2n) is 11.1. The van der Waals surface area contributed by atoms with E-state index in [-0.39, 0.29) is 36.0 Å². The minimum atomic E-state index is -0.243. The standard InChI is InChI=1S/C27H39FN4O4/c1-29(2)25(33)32-18-27(22-16-20(28)6-7-23(22)32)8-11-30(12-9-27)21-15-19-5-4-10-31(24(19)17-21)26(34)36-14-13-35-3/h6-7,16,19,21,24H,4-5,8-15,17-18H2,1-3H3. The number of hydrogen-bond acceptors (Lipinski definition) is 5. The molecule has 1 aliphatic carbocycles. The summed E-state index contributed by atoms with van der Waals surface area (Å²) >= 11 is 0. The monoisotopic (exact) mass is 502 g/mol. The largest absolute Gasteiger partial charge is 0.447 e. The number of likely N-dealkylation sites (tertiary alicyclic amines) is 2. The Kier molecular flexibility index (Phi) is 7.14. The van der Waals surface area contributed by atoms with Crippen LogP contribution in [-0.4, -0.2) is 99.5 Å². The zero-order valence-corrected chi connectivity index (χ0v) is 21.7. The van der Waals surface area contributed by atoms with Crippen LogP contribution in [0.2, 0.25) is 0 Å². The normalized spacial score (nSPS) is 27.2. The lowest BCUT2D eigenvalue weighted by Gasteiger charge is -2.42. The fourth-order valence-electron chi connectivity index (χ4n) is 7.07. The summed E-state index contributed by atoms with van der Waals surface area (Å²) in [7, 11) is 5.12. The maximum absolute atomic E-state index is 14.3. The van der Waals surface area contributed by atoms with Gasteiger partial charge in [-0.3, -0.25) is 4.90 Å². The Hall–Kier alpha value is -2.39. The molecule has 2 saturated heterocycles. The molecule has 8 nitrogen and oxygen atoms in total. The second-order valence-corrected chi connectivity index (χ2v) is 11.1. The Morgan fingerprint density at radius 3 is 2.64 bits per heavy atom. The van der Waals surface area contributed by atoms with Gasteiger partial charge in [-0.05, 0) is 81.3 Å². The molecule has 5 rings (SSSR count). The van der Waals surface area contributed by atoms with Crippen molar-refractivity contribution >= 4 is 17.8 Å². The summed E-state index contributed by atoms with van der Waals surface area (Å²) in [6.07, 6.45) is 5.85. The fraction of sp³-hybridized carbons (Fsp3) is 0.704. The zero-order chi connectivity index (χ0) is 25.4. The number of hydrogen-bond donors (Lipinski definition) is 0. The first-order valence-electron chi connectivity index (χ1n) is 13.3. The molecule has 36 heavy (non-hydrogen) atoms. The Labute approximate surface area is 213 Å². The van der Waals surface area contributed by atoms with Gasteiger partial charge in [0.05, 0.1) is 6.61 Å². The third kappa shape index (κ3) is 4.56. The van der Waals surface area contributed by atoms with Gasteiger partial charge in [-0.2, -0.15) is 0 Å². The Morgan fingerprint density at radius 2 is 1.92 bits per heavy atom. The maximum Gasteiger partial charge on any atom is 0.410 e. The molecule has 198 valence electrons. The molecule has 3 amide bonds. The molecule has 1 aromatic rings. The molecule has 1 saturated carbocycles. The molecule has 4 aliphatic rings. The van der Waals surface area contributed by atoms with Crippen LogP contribution in [-0.2, 0) is 14.9 Å². The van der Waals surface area contributed by atoms with Crippen LogP contribution in [0, 0.1) is 11.7 Å². The van der Waals surface area contributed by atoms with E-state index in [1.807, 2.05) is 9.80 Å². The third-order valence-electron chi connectivity index (χ3n) is 8.92. The van der Waals surface area contributed by atoms with Gasteiger partial charge in [-0.25, -0.2) is 14.0 Å². The average molecular weight is 503 g/mol. The molecule has 3 fully saturated rings. The number of nitrogens with zero attached hydrogens (tertiary/aromatic N) is 4. The molecule has 3 atom stereocenters. The van der Waals surface area contributed by atoms with Crippen molar-refractivity contribution in [2.75, 3.05) is 65.5 Å². The van der Waals surface area contributed by atoms with Crippen LogP contribution in [0.4, 0.5) is 19.7 Å². The molecular formula is C27H39FN4O4. The molecule has 1 aromatic carbocycles. The molecule has 0 bridgehead atoms. The summed E-state index contributed by atoms with van der Waals surface area (Å²) in [5.74, 6) is 0.274. The van der Waals surface area contributed by atoms with Gasteiger partial charge >= 0.3 is 12.1 Å². The molecular weight excluding hydrogens is 463 g/mol. The van der Waals surface area contributed by atoms with Gasteiger partial charge in [-0.1, -0.05) is 0 Å². The minimum Gasteiger partial charge on any atom is -0.447 e. The van der Waals surface area contributed by atoms with Crippen molar-refractivity contribution in [3.8, 4) is 0 Å². The highest BCUT2D eigenvalue weighted by Gasteiger charge is 2.49. The first-order valence-corrected chi connectivity index (χ1v) is 13.3. The molecule has 3 aliphatic heterocycles. The van der Waals surface area contributed by atoms with E-state index in [0.717, 1.165) is 69.4 Å². The minimum absolute atomic E-state index is 0.0560. The lowest BCUT2D eigenvalue weighted by atomic mass is 9.74. The lowest BCUT2D eigenvalue weighted by Crippen LogP contribution is -2.50. The first-order chi connectivity index (χ1) is 17.3. The van der Waals surface area contributed by atoms with Crippen LogP contribution in [0.3, 0.4) is 0 Å². The van der Waals surface area contributed by atoms with Crippen LogP contribution >= 0.6 is 0 Å². The smallest absolute Gasteiger partial charge is 0.410 e. The number of rotatable bonds is 4. The molecule has 9 heteroatoms. The molecule has 3 heterocycles. The van der Waals surface area contributed by atoms with E-state index in [1.54, 1.807) is 38.2 Å². The summed E-state index contributed by atoms with van der Waals surface area (Å²) in [4.78, 5) is 33.6. The average Bonchev–Trinajstić information content (AvgIpc) is 3.44. The van der Waals surface area contributed by atoms with Crippen molar-refractivity contribution in [2.24, 2.45) is 5.92 Å². The van der Waals surface area contributed by atoms with E-state index in [4.69, 9.17) is 9.47 Å². The number of piperidine rings is 2. The van der Waals surface area contributed by atoms with Gasteiger partial charge in [0.15, 0.2) is 0 Å². The number of halogens is 1. The highest BCUT2D eigenvalue weighted by molar-refractivity contribution is 5.95. The molecule has 0 N–H and O–H groups in total. The van der Waals surface area contributed by atoms with Crippen molar-refractivity contribution in [2.45, 2.75) is 56.0 Å². The summed E-state index contributed by atoms with van der Waals surface area (Å²) in [6.45, 7) is 3.91. The van der Waals surface area contributed by atoms with Gasteiger partial charge in [0.25, 0.3) is 0 Å². The van der Waals surface area contributed by atoms with Crippen LogP contribution < -0.4 is 4.90 Å². The third-order valence-corrected chi connectivity index (χ3v) is 8.92. The number of methoxy groups -OCH3 is 1. The number of carbonyl (C=O) groups excluding carboxylic acids is 2. The number of urea groups is 1. The summed E-state index contributed by atoms with van der Waals surface area (Å²) in [6, 6.07) is 5.48. The predicted octanol–water partition coefficient (Wildman–Crippen LogP) is 3.69. The maximum atomic E-state index is 14.3. The van der Waals surface area contributed by atoms with Crippen molar-refractivity contribution in [1.82, 2.24) is 14.7 Å². The number of carbonyl (C=O) groups is 2. The summed E-state index contributed by atoms with van der Waals surface area (Å²) in [5, 5.41) is 0. The van der Waals surface area contributed by atoms with Crippen LogP contribution in [0.15, 0.2) is 18.2 Å². The first kappa shape index (κ1) is 25.3. The number of anilines is 1. The van der Waals surface area contributed by atoms with Crippen molar-refractivity contribution < 1.29 is 23.5 Å². The van der Waals surface area contributed by atoms with Crippen LogP contribution in [0.1, 0.15) is 44.1 Å². The number of ether oxygens (including phenoxy) is 2. The van der Waals surface area contributed by atoms with Gasteiger partial charge in [0, 0.05) is 57.5 Å². The Balaban J connectivity index is 1.25. The van der Waals surface area contributed by atoms with E-state index in [2.05, 4.69) is 4.90 Å². The number of amides is 3. The second kappa shape index (κ2) is 10.2. The van der Waals surface area contributed by atoms with Crippen molar-refractivity contribution in [3.05, 3.63) is 29.6 Å².